The van der Waals surface area contributed by atoms with E-state index in [0.717, 1.165) is 5.56 Å². The largest absolute Gasteiger partial charge is 0.420 e. The van der Waals surface area contributed by atoms with Crippen LogP contribution in [0.2, 0.25) is 0 Å². The van der Waals surface area contributed by atoms with E-state index in [1.807, 2.05) is 6.07 Å². The van der Waals surface area contributed by atoms with Crippen LogP contribution in [0.4, 0.5) is 0 Å². The van der Waals surface area contributed by atoms with Crippen LogP contribution < -0.4 is 11.5 Å². The van der Waals surface area contributed by atoms with Crippen LogP contribution in [-0.2, 0) is 13.1 Å². The third-order valence-corrected chi connectivity index (χ3v) is 2.29. The number of aliphatic hydroxyl groups is 1. The van der Waals surface area contributed by atoms with Crippen LogP contribution in [0.3, 0.4) is 0 Å². The summed E-state index contributed by atoms with van der Waals surface area (Å²) in [6.07, 6.45) is 0. The Morgan fingerprint density at radius 3 is 2.93 bits per heavy atom. The molecule has 0 atom stereocenters. The van der Waals surface area contributed by atoms with Crippen molar-refractivity contribution in [2.24, 2.45) is 5.73 Å². The van der Waals surface area contributed by atoms with Crippen molar-refractivity contribution < 1.29 is 9.52 Å². The predicted octanol–water partition coefficient (Wildman–Crippen LogP) is 0.0455. The van der Waals surface area contributed by atoms with Crippen LogP contribution in [0.25, 0.3) is 11.1 Å². The van der Waals surface area contributed by atoms with Gasteiger partial charge in [0.25, 0.3) is 0 Å². The highest BCUT2D eigenvalue weighted by molar-refractivity contribution is 5.73. The first-order valence-corrected chi connectivity index (χ1v) is 4.69. The molecule has 0 bridgehead atoms. The van der Waals surface area contributed by atoms with Gasteiger partial charge in [0.05, 0.1) is 18.7 Å². The fourth-order valence-corrected chi connectivity index (χ4v) is 1.55. The van der Waals surface area contributed by atoms with Crippen molar-refractivity contribution in [3.63, 3.8) is 0 Å². The minimum atomic E-state index is -0.451. The van der Waals surface area contributed by atoms with Gasteiger partial charge in [-0.1, -0.05) is 6.07 Å². The topological polar surface area (TPSA) is 81.4 Å². The number of aromatic nitrogens is 1. The predicted molar refractivity (Wildman–Crippen MR) is 55.5 cm³/mol. The lowest BCUT2D eigenvalue weighted by Crippen LogP contribution is -2.15. The second-order valence-electron chi connectivity index (χ2n) is 3.25. The van der Waals surface area contributed by atoms with Crippen LogP contribution in [0.15, 0.2) is 27.4 Å². The summed E-state index contributed by atoms with van der Waals surface area (Å²) >= 11 is 0. The minimum absolute atomic E-state index is 0.0901. The average Bonchev–Trinajstić information content (AvgIpc) is 2.55. The number of oxazole rings is 1. The van der Waals surface area contributed by atoms with Crippen molar-refractivity contribution >= 4 is 11.1 Å². The molecule has 1 heterocycles. The Balaban J connectivity index is 2.63. The molecule has 5 heteroatoms. The highest BCUT2D eigenvalue weighted by atomic mass is 16.4. The average molecular weight is 208 g/mol. The summed E-state index contributed by atoms with van der Waals surface area (Å²) in [6.45, 7) is 0.561. The number of hydrogen-bond acceptors (Lipinski definition) is 4. The molecule has 2 rings (SSSR count). The van der Waals surface area contributed by atoms with Gasteiger partial charge in [-0.3, -0.25) is 4.57 Å². The van der Waals surface area contributed by atoms with E-state index >= 15 is 0 Å². The van der Waals surface area contributed by atoms with Gasteiger partial charge in [0.1, 0.15) is 0 Å². The summed E-state index contributed by atoms with van der Waals surface area (Å²) in [7, 11) is 0. The molecule has 0 aliphatic rings. The normalized spacial score (nSPS) is 11.1. The van der Waals surface area contributed by atoms with Gasteiger partial charge < -0.3 is 15.3 Å². The lowest BCUT2D eigenvalue weighted by Gasteiger charge is -1.99. The first-order valence-electron chi connectivity index (χ1n) is 4.69. The van der Waals surface area contributed by atoms with E-state index in [-0.39, 0.29) is 13.2 Å². The van der Waals surface area contributed by atoms with Crippen LogP contribution >= 0.6 is 0 Å². The number of aliphatic hydroxyl groups excluding tert-OH is 1. The summed E-state index contributed by atoms with van der Waals surface area (Å²) in [6, 6.07) is 5.36. The molecule has 0 aliphatic heterocycles. The molecule has 1 aromatic carbocycles. The van der Waals surface area contributed by atoms with Crippen molar-refractivity contribution in [3.05, 3.63) is 34.3 Å². The molecule has 0 unspecified atom stereocenters. The highest BCUT2D eigenvalue weighted by Gasteiger charge is 2.08. The molecule has 0 radical (unpaired) electrons. The molecule has 15 heavy (non-hydrogen) atoms. The number of fused-ring (bicyclic) bond motifs is 1. The number of nitrogens with zero attached hydrogens (tertiary/aromatic N) is 1. The minimum Gasteiger partial charge on any atom is -0.408 e. The maximum atomic E-state index is 11.4. The Morgan fingerprint density at radius 2 is 2.27 bits per heavy atom. The zero-order chi connectivity index (χ0) is 10.8. The Labute approximate surface area is 85.7 Å². The SMILES string of the molecule is NCc1ccc2c(c1)oc(=O)n2CCO. The maximum Gasteiger partial charge on any atom is 0.420 e. The summed E-state index contributed by atoms with van der Waals surface area (Å²) in [4.78, 5) is 11.4. The molecular weight excluding hydrogens is 196 g/mol. The van der Waals surface area contributed by atoms with E-state index < -0.39 is 5.76 Å². The lowest BCUT2D eigenvalue weighted by atomic mass is 10.2. The maximum absolute atomic E-state index is 11.4. The number of nitrogens with two attached hydrogens (primary N) is 1. The first kappa shape index (κ1) is 9.95. The van der Waals surface area contributed by atoms with Crippen molar-refractivity contribution in [1.82, 2.24) is 4.57 Å². The lowest BCUT2D eigenvalue weighted by molar-refractivity contribution is 0.272. The third-order valence-electron chi connectivity index (χ3n) is 2.29. The van der Waals surface area contributed by atoms with Gasteiger partial charge >= 0.3 is 5.76 Å². The molecule has 80 valence electrons. The third kappa shape index (κ3) is 1.67. The Bertz CT molecular complexity index is 527. The fourth-order valence-electron chi connectivity index (χ4n) is 1.55. The van der Waals surface area contributed by atoms with E-state index in [0.29, 0.717) is 17.6 Å². The quantitative estimate of drug-likeness (QED) is 0.746. The zero-order valence-corrected chi connectivity index (χ0v) is 8.14. The molecule has 0 saturated carbocycles. The smallest absolute Gasteiger partial charge is 0.408 e. The van der Waals surface area contributed by atoms with Gasteiger partial charge in [-0.2, -0.15) is 0 Å². The van der Waals surface area contributed by atoms with Gasteiger partial charge in [0.2, 0.25) is 0 Å². The van der Waals surface area contributed by atoms with E-state index in [4.69, 9.17) is 15.3 Å². The van der Waals surface area contributed by atoms with Gasteiger partial charge in [0, 0.05) is 6.54 Å². The molecule has 5 nitrogen and oxygen atoms in total. The van der Waals surface area contributed by atoms with Gasteiger partial charge in [0.15, 0.2) is 5.58 Å². The molecule has 0 amide bonds. The van der Waals surface area contributed by atoms with E-state index in [2.05, 4.69) is 0 Å². The van der Waals surface area contributed by atoms with Crippen LogP contribution in [0.5, 0.6) is 0 Å². The Morgan fingerprint density at radius 1 is 1.47 bits per heavy atom. The van der Waals surface area contributed by atoms with E-state index in [1.165, 1.54) is 4.57 Å². The molecule has 2 aromatic rings. The van der Waals surface area contributed by atoms with E-state index in [9.17, 15) is 4.79 Å². The zero-order valence-electron chi connectivity index (χ0n) is 8.14. The fraction of sp³-hybridized carbons (Fsp3) is 0.300. The number of rotatable bonds is 3. The summed E-state index contributed by atoms with van der Waals surface area (Å²) < 4.78 is 6.43. The summed E-state index contributed by atoms with van der Waals surface area (Å²) in [5.41, 5.74) is 7.58. The van der Waals surface area contributed by atoms with Crippen LogP contribution in [0.1, 0.15) is 5.56 Å². The summed E-state index contributed by atoms with van der Waals surface area (Å²) in [5.74, 6) is -0.451. The van der Waals surface area contributed by atoms with Gasteiger partial charge in [-0.25, -0.2) is 4.79 Å². The molecule has 0 saturated heterocycles. The van der Waals surface area contributed by atoms with Gasteiger partial charge in [-0.05, 0) is 17.7 Å². The highest BCUT2D eigenvalue weighted by Crippen LogP contribution is 2.14. The number of benzene rings is 1. The molecule has 0 aliphatic carbocycles. The van der Waals surface area contributed by atoms with Gasteiger partial charge in [-0.15, -0.1) is 0 Å². The second kappa shape index (κ2) is 3.88. The van der Waals surface area contributed by atoms with Crippen molar-refractivity contribution in [2.45, 2.75) is 13.1 Å². The van der Waals surface area contributed by atoms with Crippen LogP contribution in [0, 0.1) is 0 Å². The standard InChI is InChI=1S/C10H12N2O3/c11-6-7-1-2-8-9(5-7)15-10(14)12(8)3-4-13/h1-2,5,13H,3-4,6,11H2. The monoisotopic (exact) mass is 208 g/mol. The first-order chi connectivity index (χ1) is 7.26. The molecule has 0 fully saturated rings. The molecular formula is C10H12N2O3. The van der Waals surface area contributed by atoms with Crippen molar-refractivity contribution in [2.75, 3.05) is 6.61 Å². The summed E-state index contributed by atoms with van der Waals surface area (Å²) in [5, 5.41) is 8.80. The molecule has 1 aromatic heterocycles. The van der Waals surface area contributed by atoms with Crippen molar-refractivity contribution in [1.29, 1.82) is 0 Å². The Hall–Kier alpha value is -1.59. The van der Waals surface area contributed by atoms with Crippen molar-refractivity contribution in [3.8, 4) is 0 Å². The number of hydrogen-bond donors (Lipinski definition) is 2. The second-order valence-corrected chi connectivity index (χ2v) is 3.25. The van der Waals surface area contributed by atoms with E-state index in [1.54, 1.807) is 12.1 Å². The van der Waals surface area contributed by atoms with Crippen LogP contribution in [-0.4, -0.2) is 16.3 Å². The Kier molecular flexibility index (Phi) is 2.57. The molecule has 3 N–H and O–H groups in total. The molecule has 0 spiro atoms.